The maximum absolute atomic E-state index is 12.5. The molecule has 0 bridgehead atoms. The van der Waals surface area contributed by atoms with Gasteiger partial charge in [-0.2, -0.15) is 0 Å². The summed E-state index contributed by atoms with van der Waals surface area (Å²) in [5.41, 5.74) is 3.96. The van der Waals surface area contributed by atoms with E-state index in [4.69, 9.17) is 4.42 Å². The van der Waals surface area contributed by atoms with Gasteiger partial charge in [0, 0.05) is 24.8 Å². The zero-order valence-electron chi connectivity index (χ0n) is 17.6. The van der Waals surface area contributed by atoms with Crippen LogP contribution in [0.25, 0.3) is 5.69 Å². The van der Waals surface area contributed by atoms with Crippen molar-refractivity contribution in [1.29, 1.82) is 0 Å². The highest BCUT2D eigenvalue weighted by atomic mass is 32.2. The monoisotopic (exact) mass is 439 g/mol. The van der Waals surface area contributed by atoms with E-state index in [2.05, 4.69) is 41.5 Å². The third-order valence-electron chi connectivity index (χ3n) is 5.53. The van der Waals surface area contributed by atoms with Crippen LogP contribution < -0.4 is 5.32 Å². The Morgan fingerprint density at radius 3 is 2.71 bits per heavy atom. The Labute approximate surface area is 185 Å². The summed E-state index contributed by atoms with van der Waals surface area (Å²) in [6.45, 7) is 5.37. The van der Waals surface area contributed by atoms with E-state index in [9.17, 15) is 9.59 Å². The van der Waals surface area contributed by atoms with Crippen LogP contribution in [0.15, 0.2) is 52.7 Å². The van der Waals surface area contributed by atoms with Gasteiger partial charge >= 0.3 is 0 Å². The molecule has 8 nitrogen and oxygen atoms in total. The van der Waals surface area contributed by atoms with Gasteiger partial charge in [0.25, 0.3) is 5.91 Å². The lowest BCUT2D eigenvalue weighted by Gasteiger charge is -2.32. The average molecular weight is 440 g/mol. The second-order valence-electron chi connectivity index (χ2n) is 7.69. The predicted octanol–water partition coefficient (Wildman–Crippen LogP) is 2.99. The molecule has 2 amide bonds. The normalized spacial score (nSPS) is 14.6. The fraction of sp³-hybridized carbons (Fsp3) is 0.364. The highest BCUT2D eigenvalue weighted by Crippen LogP contribution is 2.21. The summed E-state index contributed by atoms with van der Waals surface area (Å²) in [6, 6.07) is 7.91. The van der Waals surface area contributed by atoms with E-state index in [-0.39, 0.29) is 23.6 Å². The summed E-state index contributed by atoms with van der Waals surface area (Å²) >= 11 is 1.36. The minimum Gasteiger partial charge on any atom is -0.472 e. The topological polar surface area (TPSA) is 93.3 Å². The summed E-state index contributed by atoms with van der Waals surface area (Å²) in [5, 5.41) is 11.9. The van der Waals surface area contributed by atoms with Crippen molar-refractivity contribution >= 4 is 23.6 Å². The number of hydrogen-bond donors (Lipinski definition) is 1. The van der Waals surface area contributed by atoms with Gasteiger partial charge in [-0.1, -0.05) is 17.8 Å². The fourth-order valence-electron chi connectivity index (χ4n) is 3.57. The number of rotatable bonds is 6. The highest BCUT2D eigenvalue weighted by molar-refractivity contribution is 7.99. The number of likely N-dealkylation sites (tertiary alicyclic amines) is 1. The molecule has 0 aliphatic carbocycles. The number of furan rings is 1. The molecular formula is C22H25N5O3S. The van der Waals surface area contributed by atoms with Crippen molar-refractivity contribution in [2.24, 2.45) is 0 Å². The highest BCUT2D eigenvalue weighted by Gasteiger charge is 2.25. The van der Waals surface area contributed by atoms with Crippen LogP contribution >= 0.6 is 11.8 Å². The second-order valence-corrected chi connectivity index (χ2v) is 8.63. The molecule has 2 aromatic heterocycles. The van der Waals surface area contributed by atoms with Gasteiger partial charge in [0.15, 0.2) is 5.16 Å². The van der Waals surface area contributed by atoms with Crippen molar-refractivity contribution in [3.8, 4) is 5.69 Å². The fourth-order valence-corrected chi connectivity index (χ4v) is 4.31. The van der Waals surface area contributed by atoms with Crippen molar-refractivity contribution in [2.45, 2.75) is 37.9 Å². The number of carbonyl (C=O) groups is 2. The van der Waals surface area contributed by atoms with E-state index in [1.807, 2.05) is 10.6 Å². The zero-order chi connectivity index (χ0) is 21.8. The van der Waals surface area contributed by atoms with E-state index in [0.717, 1.165) is 18.5 Å². The van der Waals surface area contributed by atoms with Gasteiger partial charge in [-0.15, -0.1) is 10.2 Å². The van der Waals surface area contributed by atoms with E-state index >= 15 is 0 Å². The predicted molar refractivity (Wildman–Crippen MR) is 117 cm³/mol. The van der Waals surface area contributed by atoms with Gasteiger partial charge in [-0.3, -0.25) is 14.2 Å². The SMILES string of the molecule is Cc1ccc(-n2cnnc2SCC(=O)NC2CCN(C(=O)c3ccoc3)CC2)cc1C. The number of nitrogens with zero attached hydrogens (tertiary/aromatic N) is 4. The van der Waals surface area contributed by atoms with Gasteiger partial charge in [0.05, 0.1) is 17.6 Å². The lowest BCUT2D eigenvalue weighted by molar-refractivity contribution is -0.119. The number of benzene rings is 1. The summed E-state index contributed by atoms with van der Waals surface area (Å²) < 4.78 is 6.88. The van der Waals surface area contributed by atoms with Crippen molar-refractivity contribution < 1.29 is 14.0 Å². The van der Waals surface area contributed by atoms with Crippen LogP contribution in [0.5, 0.6) is 0 Å². The van der Waals surface area contributed by atoms with Crippen molar-refractivity contribution in [3.63, 3.8) is 0 Å². The third-order valence-corrected chi connectivity index (χ3v) is 6.48. The number of piperidine rings is 1. The minimum absolute atomic E-state index is 0.0280. The second kappa shape index (κ2) is 9.38. The molecule has 0 spiro atoms. The Hall–Kier alpha value is -3.07. The Morgan fingerprint density at radius 1 is 1.19 bits per heavy atom. The minimum atomic E-state index is -0.0424. The number of aromatic nitrogens is 3. The maximum Gasteiger partial charge on any atom is 0.257 e. The molecule has 3 aromatic rings. The largest absolute Gasteiger partial charge is 0.472 e. The Morgan fingerprint density at radius 2 is 2.00 bits per heavy atom. The lowest BCUT2D eigenvalue weighted by Crippen LogP contribution is -2.46. The van der Waals surface area contributed by atoms with E-state index in [1.165, 1.54) is 35.4 Å². The molecule has 0 radical (unpaired) electrons. The lowest BCUT2D eigenvalue weighted by atomic mass is 10.0. The Bertz CT molecular complexity index is 1060. The van der Waals surface area contributed by atoms with Crippen LogP contribution in [0.1, 0.15) is 34.3 Å². The zero-order valence-corrected chi connectivity index (χ0v) is 18.4. The number of aryl methyl sites for hydroxylation is 2. The van der Waals surface area contributed by atoms with Crippen LogP contribution in [-0.4, -0.2) is 56.4 Å². The standard InChI is InChI=1S/C22H25N5O3S/c1-15-3-4-19(11-16(15)2)27-14-23-25-22(27)31-13-20(28)24-18-5-8-26(9-6-18)21(29)17-7-10-30-12-17/h3-4,7,10-12,14,18H,5-6,8-9,13H2,1-2H3,(H,24,28). The molecule has 3 heterocycles. The first-order chi connectivity index (χ1) is 15.0. The molecule has 1 fully saturated rings. The van der Waals surface area contributed by atoms with Crippen molar-refractivity contribution in [1.82, 2.24) is 25.0 Å². The molecule has 9 heteroatoms. The number of amides is 2. The molecule has 1 aliphatic rings. The maximum atomic E-state index is 12.5. The average Bonchev–Trinajstić information content (AvgIpc) is 3.46. The molecular weight excluding hydrogens is 414 g/mol. The Kier molecular flexibility index (Phi) is 6.41. The number of hydrogen-bond acceptors (Lipinski definition) is 6. The quantitative estimate of drug-likeness (QED) is 0.594. The van der Waals surface area contributed by atoms with Crippen LogP contribution in [-0.2, 0) is 4.79 Å². The van der Waals surface area contributed by atoms with Gasteiger partial charge in [0.1, 0.15) is 12.6 Å². The molecule has 1 aliphatic heterocycles. The van der Waals surface area contributed by atoms with Gasteiger partial charge in [-0.25, -0.2) is 0 Å². The van der Waals surface area contributed by atoms with Crippen molar-refractivity contribution in [3.05, 3.63) is 59.8 Å². The summed E-state index contributed by atoms with van der Waals surface area (Å²) in [6.07, 6.45) is 6.09. The molecule has 1 N–H and O–H groups in total. The first-order valence-electron chi connectivity index (χ1n) is 10.2. The molecule has 162 valence electrons. The van der Waals surface area contributed by atoms with Gasteiger partial charge in [0.2, 0.25) is 5.91 Å². The number of thioether (sulfide) groups is 1. The van der Waals surface area contributed by atoms with E-state index in [0.29, 0.717) is 23.8 Å². The number of nitrogens with one attached hydrogen (secondary N) is 1. The molecule has 31 heavy (non-hydrogen) atoms. The summed E-state index contributed by atoms with van der Waals surface area (Å²) in [4.78, 5) is 26.6. The van der Waals surface area contributed by atoms with Crippen LogP contribution in [0, 0.1) is 13.8 Å². The van der Waals surface area contributed by atoms with Crippen LogP contribution in [0.2, 0.25) is 0 Å². The van der Waals surface area contributed by atoms with Crippen LogP contribution in [0.3, 0.4) is 0 Å². The molecule has 0 saturated carbocycles. The van der Waals surface area contributed by atoms with Gasteiger partial charge in [-0.05, 0) is 56.0 Å². The summed E-state index contributed by atoms with van der Waals surface area (Å²) in [5.74, 6) is 0.191. The van der Waals surface area contributed by atoms with Gasteiger partial charge < -0.3 is 14.6 Å². The third kappa shape index (κ3) is 4.99. The first-order valence-corrected chi connectivity index (χ1v) is 11.2. The van der Waals surface area contributed by atoms with Crippen LogP contribution in [0.4, 0.5) is 0 Å². The molecule has 1 saturated heterocycles. The number of carbonyl (C=O) groups excluding carboxylic acids is 2. The molecule has 0 unspecified atom stereocenters. The van der Waals surface area contributed by atoms with E-state index in [1.54, 1.807) is 17.3 Å². The van der Waals surface area contributed by atoms with Crippen molar-refractivity contribution in [2.75, 3.05) is 18.8 Å². The van der Waals surface area contributed by atoms with E-state index < -0.39 is 0 Å². The summed E-state index contributed by atoms with van der Waals surface area (Å²) in [7, 11) is 0. The molecule has 1 aromatic carbocycles. The Balaban J connectivity index is 1.27. The first kappa shape index (κ1) is 21.2. The molecule has 4 rings (SSSR count). The molecule has 0 atom stereocenters. The smallest absolute Gasteiger partial charge is 0.257 e.